The van der Waals surface area contributed by atoms with E-state index in [-0.39, 0.29) is 17.6 Å². The van der Waals surface area contributed by atoms with E-state index in [0.29, 0.717) is 13.2 Å². The van der Waals surface area contributed by atoms with Crippen molar-refractivity contribution in [2.75, 3.05) is 33.2 Å². The molecule has 2 fully saturated rings. The predicted octanol–water partition coefficient (Wildman–Crippen LogP) is 2.85. The van der Waals surface area contributed by atoms with E-state index in [1.807, 2.05) is 35.2 Å². The molecule has 1 aromatic rings. The van der Waals surface area contributed by atoms with Crippen molar-refractivity contribution >= 4 is 6.09 Å². The Labute approximate surface area is 151 Å². The quantitative estimate of drug-likeness (QED) is 0.825. The number of piperidine rings is 1. The Kier molecular flexibility index (Phi) is 5.97. The summed E-state index contributed by atoms with van der Waals surface area (Å²) in [6.07, 6.45) is 5.24. The summed E-state index contributed by atoms with van der Waals surface area (Å²) in [5.41, 5.74) is 7.07. The van der Waals surface area contributed by atoms with E-state index < -0.39 is 0 Å². The first-order valence-electron chi connectivity index (χ1n) is 9.48. The van der Waals surface area contributed by atoms with Crippen LogP contribution in [0.15, 0.2) is 30.3 Å². The van der Waals surface area contributed by atoms with Crippen molar-refractivity contribution < 1.29 is 9.53 Å². The minimum atomic E-state index is -0.165. The van der Waals surface area contributed by atoms with Crippen LogP contribution in [0.4, 0.5) is 4.79 Å². The molecule has 1 saturated heterocycles. The van der Waals surface area contributed by atoms with Crippen LogP contribution >= 0.6 is 0 Å². The lowest BCUT2D eigenvalue weighted by Crippen LogP contribution is -2.49. The maximum Gasteiger partial charge on any atom is 0.410 e. The smallest absolute Gasteiger partial charge is 0.410 e. The summed E-state index contributed by atoms with van der Waals surface area (Å²) >= 11 is 0. The molecule has 1 aromatic carbocycles. The van der Waals surface area contributed by atoms with Crippen LogP contribution in [0.25, 0.3) is 0 Å². The minimum Gasteiger partial charge on any atom is -0.445 e. The van der Waals surface area contributed by atoms with Crippen molar-refractivity contribution in [3.05, 3.63) is 35.9 Å². The summed E-state index contributed by atoms with van der Waals surface area (Å²) < 4.78 is 5.66. The van der Waals surface area contributed by atoms with Gasteiger partial charge in [-0.1, -0.05) is 30.3 Å². The van der Waals surface area contributed by atoms with Gasteiger partial charge in [0.25, 0.3) is 0 Å². The lowest BCUT2D eigenvalue weighted by molar-refractivity contribution is 0.0533. The molecule has 0 spiro atoms. The van der Waals surface area contributed by atoms with Gasteiger partial charge >= 0.3 is 6.09 Å². The van der Waals surface area contributed by atoms with Gasteiger partial charge in [-0.3, -0.25) is 0 Å². The Hall–Kier alpha value is -1.59. The Morgan fingerprint density at radius 1 is 1.28 bits per heavy atom. The molecule has 0 aromatic heterocycles. The normalized spacial score (nSPS) is 20.2. The molecule has 138 valence electrons. The highest BCUT2D eigenvalue weighted by atomic mass is 16.6. The molecule has 2 N–H and O–H groups in total. The number of hydrogen-bond acceptors (Lipinski definition) is 4. The first-order valence-corrected chi connectivity index (χ1v) is 9.48. The molecule has 1 aliphatic heterocycles. The molecule has 1 heterocycles. The summed E-state index contributed by atoms with van der Waals surface area (Å²) in [7, 11) is 2.14. The topological polar surface area (TPSA) is 58.8 Å². The Morgan fingerprint density at radius 3 is 2.56 bits per heavy atom. The highest BCUT2D eigenvalue weighted by Crippen LogP contribution is 2.49. The van der Waals surface area contributed by atoms with Gasteiger partial charge in [0, 0.05) is 12.6 Å². The third kappa shape index (κ3) is 4.95. The molecule has 0 bridgehead atoms. The van der Waals surface area contributed by atoms with Gasteiger partial charge in [0.05, 0.1) is 0 Å². The molecule has 2 aliphatic rings. The van der Waals surface area contributed by atoms with E-state index >= 15 is 0 Å². The number of ether oxygens (including phenoxy) is 1. The predicted molar refractivity (Wildman–Crippen MR) is 99.2 cm³/mol. The number of likely N-dealkylation sites (tertiary alicyclic amines) is 1. The zero-order valence-electron chi connectivity index (χ0n) is 15.3. The second-order valence-corrected chi connectivity index (χ2v) is 7.74. The lowest BCUT2D eigenvalue weighted by atomic mass is 9.98. The van der Waals surface area contributed by atoms with E-state index in [0.717, 1.165) is 44.5 Å². The molecular weight excluding hydrogens is 314 g/mol. The zero-order valence-corrected chi connectivity index (χ0v) is 15.3. The van der Waals surface area contributed by atoms with Gasteiger partial charge in [-0.2, -0.15) is 0 Å². The summed E-state index contributed by atoms with van der Waals surface area (Å²) in [5.74, 6) is 0. The minimum absolute atomic E-state index is 0.165. The number of rotatable bonds is 7. The van der Waals surface area contributed by atoms with Gasteiger partial charge in [0.2, 0.25) is 0 Å². The standard InChI is InChI=1S/C20H31N3O2/c1-22-13-7-18(8-14-22)23(16-20(9-10-20)11-12-21)19(24)25-15-17-5-3-2-4-6-17/h2-6,18H,7-16,21H2,1H3. The second-order valence-electron chi connectivity index (χ2n) is 7.74. The first kappa shape index (κ1) is 18.2. The molecule has 3 rings (SSSR count). The summed E-state index contributed by atoms with van der Waals surface area (Å²) in [6, 6.07) is 10.2. The number of carbonyl (C=O) groups excluding carboxylic acids is 1. The van der Waals surface area contributed by atoms with Gasteiger partial charge in [-0.25, -0.2) is 4.79 Å². The van der Waals surface area contributed by atoms with E-state index in [9.17, 15) is 4.79 Å². The third-order valence-electron chi connectivity index (χ3n) is 5.71. The van der Waals surface area contributed by atoms with Crippen LogP contribution < -0.4 is 5.73 Å². The van der Waals surface area contributed by atoms with Crippen molar-refractivity contribution in [1.82, 2.24) is 9.80 Å². The summed E-state index contributed by atoms with van der Waals surface area (Å²) in [6.45, 7) is 3.91. The molecule has 1 saturated carbocycles. The van der Waals surface area contributed by atoms with Crippen LogP contribution in [0.3, 0.4) is 0 Å². The average molecular weight is 345 g/mol. The highest BCUT2D eigenvalue weighted by Gasteiger charge is 2.45. The van der Waals surface area contributed by atoms with Crippen LogP contribution in [-0.2, 0) is 11.3 Å². The summed E-state index contributed by atoms with van der Waals surface area (Å²) in [5, 5.41) is 0. The van der Waals surface area contributed by atoms with E-state index in [2.05, 4.69) is 11.9 Å². The highest BCUT2D eigenvalue weighted by molar-refractivity contribution is 5.68. The van der Waals surface area contributed by atoms with Crippen LogP contribution in [0.1, 0.15) is 37.7 Å². The second kappa shape index (κ2) is 8.19. The third-order valence-corrected chi connectivity index (χ3v) is 5.71. The number of nitrogens with zero attached hydrogens (tertiary/aromatic N) is 2. The van der Waals surface area contributed by atoms with E-state index in [1.54, 1.807) is 0 Å². The largest absolute Gasteiger partial charge is 0.445 e. The summed E-state index contributed by atoms with van der Waals surface area (Å²) in [4.78, 5) is 17.2. The van der Waals surface area contributed by atoms with Gasteiger partial charge < -0.3 is 20.3 Å². The molecule has 0 atom stereocenters. The van der Waals surface area contributed by atoms with Crippen molar-refractivity contribution in [2.24, 2.45) is 11.1 Å². The molecule has 5 nitrogen and oxygen atoms in total. The fraction of sp³-hybridized carbons (Fsp3) is 0.650. The Bertz CT molecular complexity index is 551. The number of carbonyl (C=O) groups is 1. The number of amides is 1. The van der Waals surface area contributed by atoms with Gasteiger partial charge in [-0.15, -0.1) is 0 Å². The first-order chi connectivity index (χ1) is 12.1. The Morgan fingerprint density at radius 2 is 1.96 bits per heavy atom. The SMILES string of the molecule is CN1CCC(N(CC2(CCN)CC2)C(=O)OCc2ccccc2)CC1. The van der Waals surface area contributed by atoms with E-state index in [1.165, 1.54) is 12.8 Å². The monoisotopic (exact) mass is 345 g/mol. The van der Waals surface area contributed by atoms with Crippen LogP contribution in [0.2, 0.25) is 0 Å². The van der Waals surface area contributed by atoms with Crippen LogP contribution in [0, 0.1) is 5.41 Å². The Balaban J connectivity index is 1.63. The maximum absolute atomic E-state index is 12.9. The van der Waals surface area contributed by atoms with Gasteiger partial charge in [0.15, 0.2) is 0 Å². The van der Waals surface area contributed by atoms with Crippen molar-refractivity contribution in [3.8, 4) is 0 Å². The molecular formula is C20H31N3O2. The molecule has 25 heavy (non-hydrogen) atoms. The fourth-order valence-corrected chi connectivity index (χ4v) is 3.78. The lowest BCUT2D eigenvalue weighted by Gasteiger charge is -2.38. The zero-order chi connectivity index (χ0) is 17.7. The van der Waals surface area contributed by atoms with Crippen molar-refractivity contribution in [3.63, 3.8) is 0 Å². The number of benzene rings is 1. The molecule has 5 heteroatoms. The fourth-order valence-electron chi connectivity index (χ4n) is 3.78. The average Bonchev–Trinajstić information content (AvgIpc) is 3.39. The van der Waals surface area contributed by atoms with Gasteiger partial charge in [0.1, 0.15) is 6.61 Å². The van der Waals surface area contributed by atoms with E-state index in [4.69, 9.17) is 10.5 Å². The van der Waals surface area contributed by atoms with Crippen LogP contribution in [-0.4, -0.2) is 55.2 Å². The van der Waals surface area contributed by atoms with Crippen LogP contribution in [0.5, 0.6) is 0 Å². The van der Waals surface area contributed by atoms with Crippen molar-refractivity contribution in [2.45, 2.75) is 44.8 Å². The van der Waals surface area contributed by atoms with Crippen molar-refractivity contribution in [1.29, 1.82) is 0 Å². The number of nitrogens with two attached hydrogens (primary N) is 1. The molecule has 0 unspecified atom stereocenters. The molecule has 0 radical (unpaired) electrons. The van der Waals surface area contributed by atoms with Gasteiger partial charge in [-0.05, 0) is 69.8 Å². The number of hydrogen-bond donors (Lipinski definition) is 1. The molecule has 1 aliphatic carbocycles. The maximum atomic E-state index is 12.9. The molecule has 1 amide bonds.